The van der Waals surface area contributed by atoms with E-state index >= 15 is 0 Å². The number of rotatable bonds is 8. The van der Waals surface area contributed by atoms with Crippen molar-refractivity contribution in [3.63, 3.8) is 0 Å². The summed E-state index contributed by atoms with van der Waals surface area (Å²) in [7, 11) is 1.92. The second-order valence-corrected chi connectivity index (χ2v) is 6.30. The summed E-state index contributed by atoms with van der Waals surface area (Å²) >= 11 is 2.02. The fourth-order valence-electron chi connectivity index (χ4n) is 1.39. The molecule has 0 aromatic carbocycles. The molecule has 0 aromatic rings. The fraction of sp³-hybridized carbons (Fsp3) is 1.00. The Hall–Kier alpha value is 0.270. The van der Waals surface area contributed by atoms with Crippen LogP contribution in [-0.2, 0) is 0 Å². The lowest BCUT2D eigenvalue weighted by Gasteiger charge is -2.30. The van der Waals surface area contributed by atoms with Crippen LogP contribution in [0.25, 0.3) is 0 Å². The summed E-state index contributed by atoms with van der Waals surface area (Å²) in [4.78, 5) is 0. The molecule has 0 fully saturated rings. The molecular weight excluding hydrogens is 206 g/mol. The summed E-state index contributed by atoms with van der Waals surface area (Å²) in [5.74, 6) is 2.02. The molecule has 0 heterocycles. The predicted molar refractivity (Wildman–Crippen MR) is 70.5 cm³/mol. The number of hydrogen-bond donors (Lipinski definition) is 2. The summed E-state index contributed by atoms with van der Waals surface area (Å²) in [6.07, 6.45) is 2.27. The Morgan fingerprint density at radius 3 is 2.40 bits per heavy atom. The van der Waals surface area contributed by atoms with E-state index in [4.69, 9.17) is 0 Å². The van der Waals surface area contributed by atoms with Crippen LogP contribution in [0.1, 0.15) is 40.5 Å². The van der Waals surface area contributed by atoms with Gasteiger partial charge in [-0.1, -0.05) is 27.2 Å². The third-order valence-electron chi connectivity index (χ3n) is 3.05. The zero-order chi connectivity index (χ0) is 11.9. The summed E-state index contributed by atoms with van der Waals surface area (Å²) in [5, 5.41) is 13.1. The van der Waals surface area contributed by atoms with E-state index in [1.165, 1.54) is 12.2 Å². The van der Waals surface area contributed by atoms with Crippen molar-refractivity contribution in [2.24, 2.45) is 5.92 Å². The van der Waals surface area contributed by atoms with Crippen LogP contribution in [0.2, 0.25) is 0 Å². The van der Waals surface area contributed by atoms with Gasteiger partial charge < -0.3 is 10.4 Å². The van der Waals surface area contributed by atoms with Gasteiger partial charge in [-0.25, -0.2) is 0 Å². The number of likely N-dealkylation sites (N-methyl/N-ethyl adjacent to an activating group) is 1. The predicted octanol–water partition coefficient (Wildman–Crippen LogP) is 2.51. The lowest BCUT2D eigenvalue weighted by atomic mass is 9.97. The van der Waals surface area contributed by atoms with Crippen molar-refractivity contribution in [2.45, 2.75) is 51.3 Å². The third kappa shape index (κ3) is 6.44. The Morgan fingerprint density at radius 2 is 2.00 bits per heavy atom. The van der Waals surface area contributed by atoms with Gasteiger partial charge in [-0.05, 0) is 32.1 Å². The lowest BCUT2D eigenvalue weighted by Crippen LogP contribution is -2.45. The van der Waals surface area contributed by atoms with Crippen molar-refractivity contribution < 1.29 is 5.11 Å². The minimum absolute atomic E-state index is 0.123. The number of aliphatic hydroxyl groups is 1. The van der Waals surface area contributed by atoms with Crippen molar-refractivity contribution in [1.82, 2.24) is 5.32 Å². The highest BCUT2D eigenvalue weighted by Gasteiger charge is 2.23. The van der Waals surface area contributed by atoms with E-state index in [-0.39, 0.29) is 12.1 Å². The van der Waals surface area contributed by atoms with Crippen LogP contribution >= 0.6 is 11.8 Å². The third-order valence-corrected chi connectivity index (χ3v) is 4.55. The molecule has 0 aliphatic heterocycles. The average Bonchev–Trinajstić information content (AvgIpc) is 2.25. The zero-order valence-corrected chi connectivity index (χ0v) is 11.7. The van der Waals surface area contributed by atoms with Crippen LogP contribution in [-0.4, -0.2) is 35.3 Å². The van der Waals surface area contributed by atoms with Crippen LogP contribution in [0.4, 0.5) is 0 Å². The van der Waals surface area contributed by atoms with Crippen LogP contribution in [0.3, 0.4) is 0 Å². The SMILES string of the molecule is CCC(C)CSC(C)CC(C)(CO)NC. The quantitative estimate of drug-likeness (QED) is 0.676. The van der Waals surface area contributed by atoms with Gasteiger partial charge >= 0.3 is 0 Å². The van der Waals surface area contributed by atoms with Crippen molar-refractivity contribution >= 4 is 11.8 Å². The fourth-order valence-corrected chi connectivity index (χ4v) is 2.76. The van der Waals surface area contributed by atoms with E-state index < -0.39 is 0 Å². The van der Waals surface area contributed by atoms with E-state index in [9.17, 15) is 5.11 Å². The van der Waals surface area contributed by atoms with E-state index in [1.54, 1.807) is 0 Å². The molecule has 0 rings (SSSR count). The molecule has 3 atom stereocenters. The van der Waals surface area contributed by atoms with Crippen LogP contribution in [0.5, 0.6) is 0 Å². The molecule has 0 saturated heterocycles. The van der Waals surface area contributed by atoms with Crippen molar-refractivity contribution in [2.75, 3.05) is 19.4 Å². The summed E-state index contributed by atoms with van der Waals surface area (Å²) in [6.45, 7) is 9.06. The van der Waals surface area contributed by atoms with Crippen molar-refractivity contribution in [3.05, 3.63) is 0 Å². The first-order chi connectivity index (χ1) is 6.97. The molecule has 0 radical (unpaired) electrons. The maximum Gasteiger partial charge on any atom is 0.0610 e. The molecule has 0 aliphatic rings. The Kier molecular flexibility index (Phi) is 7.66. The molecule has 92 valence electrons. The van der Waals surface area contributed by atoms with Gasteiger partial charge in [-0.2, -0.15) is 11.8 Å². The molecule has 15 heavy (non-hydrogen) atoms. The lowest BCUT2D eigenvalue weighted by molar-refractivity contribution is 0.174. The topological polar surface area (TPSA) is 32.3 Å². The maximum atomic E-state index is 9.29. The minimum atomic E-state index is -0.123. The number of hydrogen-bond acceptors (Lipinski definition) is 3. The molecule has 0 spiro atoms. The number of aliphatic hydroxyl groups excluding tert-OH is 1. The highest BCUT2D eigenvalue weighted by Crippen LogP contribution is 2.24. The van der Waals surface area contributed by atoms with E-state index in [0.717, 1.165) is 12.3 Å². The largest absolute Gasteiger partial charge is 0.394 e. The molecular formula is C12H27NOS. The number of nitrogens with one attached hydrogen (secondary N) is 1. The summed E-state index contributed by atoms with van der Waals surface area (Å²) < 4.78 is 0. The van der Waals surface area contributed by atoms with E-state index in [2.05, 4.69) is 33.0 Å². The smallest absolute Gasteiger partial charge is 0.0610 e. The van der Waals surface area contributed by atoms with Crippen LogP contribution < -0.4 is 5.32 Å². The van der Waals surface area contributed by atoms with Crippen LogP contribution in [0.15, 0.2) is 0 Å². The van der Waals surface area contributed by atoms with E-state index in [0.29, 0.717) is 5.25 Å². The van der Waals surface area contributed by atoms with Gasteiger partial charge in [-0.15, -0.1) is 0 Å². The molecule has 2 N–H and O–H groups in total. The average molecular weight is 233 g/mol. The Morgan fingerprint density at radius 1 is 1.40 bits per heavy atom. The molecule has 0 aliphatic carbocycles. The Labute approximate surface area is 99.2 Å². The molecule has 0 amide bonds. The second kappa shape index (κ2) is 7.53. The standard InChI is InChI=1S/C12H27NOS/c1-6-10(2)8-15-11(3)7-12(4,9-14)13-5/h10-11,13-14H,6-9H2,1-5H3. The molecule has 0 aromatic heterocycles. The summed E-state index contributed by atoms with van der Waals surface area (Å²) in [6, 6.07) is 0. The highest BCUT2D eigenvalue weighted by molar-refractivity contribution is 7.99. The van der Waals surface area contributed by atoms with Gasteiger partial charge in [0.2, 0.25) is 0 Å². The molecule has 0 saturated carbocycles. The second-order valence-electron chi connectivity index (χ2n) is 4.83. The van der Waals surface area contributed by atoms with Crippen molar-refractivity contribution in [3.8, 4) is 0 Å². The van der Waals surface area contributed by atoms with Gasteiger partial charge in [0.25, 0.3) is 0 Å². The van der Waals surface area contributed by atoms with Gasteiger partial charge in [0.1, 0.15) is 0 Å². The Bertz CT molecular complexity index is 160. The first-order valence-electron chi connectivity index (χ1n) is 5.88. The maximum absolute atomic E-state index is 9.29. The molecule has 3 heteroatoms. The molecule has 0 bridgehead atoms. The van der Waals surface area contributed by atoms with Crippen LogP contribution in [0, 0.1) is 5.92 Å². The van der Waals surface area contributed by atoms with Gasteiger partial charge in [-0.3, -0.25) is 0 Å². The monoisotopic (exact) mass is 233 g/mol. The normalized spacial score (nSPS) is 19.6. The highest BCUT2D eigenvalue weighted by atomic mass is 32.2. The zero-order valence-electron chi connectivity index (χ0n) is 10.8. The number of thioether (sulfide) groups is 1. The minimum Gasteiger partial charge on any atom is -0.394 e. The van der Waals surface area contributed by atoms with Crippen molar-refractivity contribution in [1.29, 1.82) is 0 Å². The molecule has 2 nitrogen and oxygen atoms in total. The first-order valence-corrected chi connectivity index (χ1v) is 6.93. The first kappa shape index (κ1) is 15.3. The van der Waals surface area contributed by atoms with Gasteiger partial charge in [0.05, 0.1) is 6.61 Å². The summed E-state index contributed by atoms with van der Waals surface area (Å²) in [5.41, 5.74) is -0.123. The molecule has 3 unspecified atom stereocenters. The van der Waals surface area contributed by atoms with Gasteiger partial charge in [0.15, 0.2) is 0 Å². The van der Waals surface area contributed by atoms with Gasteiger partial charge in [0, 0.05) is 10.8 Å². The Balaban J connectivity index is 3.86. The van der Waals surface area contributed by atoms with E-state index in [1.807, 2.05) is 18.8 Å².